The van der Waals surface area contributed by atoms with Crippen LogP contribution >= 0.6 is 0 Å². The van der Waals surface area contributed by atoms with Gasteiger partial charge in [0.05, 0.1) is 6.10 Å². The Kier molecular flexibility index (Phi) is 2.87. The molecule has 0 amide bonds. The van der Waals surface area contributed by atoms with Gasteiger partial charge in [0.15, 0.2) is 0 Å². The molecule has 0 spiro atoms. The average molecular weight is 260 g/mol. The van der Waals surface area contributed by atoms with Crippen LogP contribution < -0.4 is 4.74 Å². The van der Waals surface area contributed by atoms with E-state index >= 15 is 0 Å². The molecule has 1 aliphatic rings. The number of phenols is 1. The first-order chi connectivity index (χ1) is 9.13. The first-order valence-electron chi connectivity index (χ1n) is 6.06. The molecule has 0 saturated heterocycles. The molecular formula is C15H13FO3. The number of hydrogen-bond donors (Lipinski definition) is 2. The van der Waals surface area contributed by atoms with Crippen LogP contribution in [0.2, 0.25) is 0 Å². The summed E-state index contributed by atoms with van der Waals surface area (Å²) in [5.41, 5.74) is 1.26. The zero-order valence-electron chi connectivity index (χ0n) is 10.1. The maximum absolute atomic E-state index is 13.3. The molecule has 4 heteroatoms. The second kappa shape index (κ2) is 4.55. The Morgan fingerprint density at radius 3 is 2.74 bits per heavy atom. The van der Waals surface area contributed by atoms with E-state index in [4.69, 9.17) is 4.74 Å². The van der Waals surface area contributed by atoms with E-state index in [-0.39, 0.29) is 5.75 Å². The average Bonchev–Trinajstić information content (AvgIpc) is 2.37. The summed E-state index contributed by atoms with van der Waals surface area (Å²) in [6.45, 7) is 0. The highest BCUT2D eigenvalue weighted by atomic mass is 19.1. The summed E-state index contributed by atoms with van der Waals surface area (Å²) in [6.07, 6.45) is -0.785. The topological polar surface area (TPSA) is 49.7 Å². The van der Waals surface area contributed by atoms with Gasteiger partial charge in [-0.05, 0) is 23.8 Å². The van der Waals surface area contributed by atoms with Crippen molar-refractivity contribution in [1.29, 1.82) is 0 Å². The number of rotatable bonds is 1. The van der Waals surface area contributed by atoms with Gasteiger partial charge in [-0.25, -0.2) is 4.39 Å². The second-order valence-corrected chi connectivity index (χ2v) is 4.64. The lowest BCUT2D eigenvalue weighted by Crippen LogP contribution is -2.19. The monoisotopic (exact) mass is 260 g/mol. The molecule has 2 unspecified atom stereocenters. The van der Waals surface area contributed by atoms with Gasteiger partial charge in [0.1, 0.15) is 23.4 Å². The molecule has 3 nitrogen and oxygen atoms in total. The number of hydrogen-bond acceptors (Lipinski definition) is 3. The van der Waals surface area contributed by atoms with Gasteiger partial charge in [0.25, 0.3) is 0 Å². The fourth-order valence-electron chi connectivity index (χ4n) is 2.38. The highest BCUT2D eigenvalue weighted by Crippen LogP contribution is 2.41. The summed E-state index contributed by atoms with van der Waals surface area (Å²) < 4.78 is 19.1. The van der Waals surface area contributed by atoms with Crippen LogP contribution in [-0.4, -0.2) is 10.2 Å². The fraction of sp³-hybridized carbons (Fsp3) is 0.200. The summed E-state index contributed by atoms with van der Waals surface area (Å²) in [7, 11) is 0. The lowest BCUT2D eigenvalue weighted by Gasteiger charge is -2.29. The summed E-state index contributed by atoms with van der Waals surface area (Å²) in [5, 5.41) is 19.5. The van der Waals surface area contributed by atoms with Crippen LogP contribution in [0.4, 0.5) is 4.39 Å². The van der Waals surface area contributed by atoms with E-state index in [1.807, 2.05) is 12.1 Å². The van der Waals surface area contributed by atoms with Crippen molar-refractivity contribution in [3.63, 3.8) is 0 Å². The summed E-state index contributed by atoms with van der Waals surface area (Å²) in [4.78, 5) is 0. The highest BCUT2D eigenvalue weighted by molar-refractivity contribution is 5.39. The summed E-state index contributed by atoms with van der Waals surface area (Å²) >= 11 is 0. The van der Waals surface area contributed by atoms with Gasteiger partial charge < -0.3 is 14.9 Å². The van der Waals surface area contributed by atoms with E-state index in [9.17, 15) is 14.6 Å². The maximum Gasteiger partial charge on any atom is 0.127 e. The molecule has 2 atom stereocenters. The van der Waals surface area contributed by atoms with Crippen LogP contribution in [0.1, 0.15) is 29.8 Å². The molecule has 0 fully saturated rings. The molecule has 1 heterocycles. The van der Waals surface area contributed by atoms with Crippen molar-refractivity contribution < 1.29 is 19.3 Å². The van der Waals surface area contributed by atoms with E-state index in [0.717, 1.165) is 11.6 Å². The third kappa shape index (κ3) is 2.27. The third-order valence-electron chi connectivity index (χ3n) is 3.26. The normalized spacial score (nSPS) is 21.6. The van der Waals surface area contributed by atoms with E-state index in [0.29, 0.717) is 17.7 Å². The third-order valence-corrected chi connectivity index (χ3v) is 3.26. The predicted molar refractivity (Wildman–Crippen MR) is 67.5 cm³/mol. The lowest BCUT2D eigenvalue weighted by molar-refractivity contribution is 0.0655. The van der Waals surface area contributed by atoms with Gasteiger partial charge in [0, 0.05) is 18.1 Å². The molecule has 0 aliphatic carbocycles. The smallest absolute Gasteiger partial charge is 0.127 e. The van der Waals surface area contributed by atoms with Crippen molar-refractivity contribution in [2.45, 2.75) is 18.6 Å². The number of phenolic OH excluding ortho intramolecular Hbond substituents is 1. The van der Waals surface area contributed by atoms with Crippen LogP contribution in [-0.2, 0) is 0 Å². The van der Waals surface area contributed by atoms with E-state index in [1.54, 1.807) is 12.1 Å². The van der Waals surface area contributed by atoms with Gasteiger partial charge in [-0.1, -0.05) is 18.2 Å². The van der Waals surface area contributed by atoms with Crippen molar-refractivity contribution in [2.75, 3.05) is 0 Å². The maximum atomic E-state index is 13.3. The van der Waals surface area contributed by atoms with Crippen LogP contribution in [0, 0.1) is 5.82 Å². The van der Waals surface area contributed by atoms with E-state index < -0.39 is 18.0 Å². The molecular weight excluding hydrogens is 247 g/mol. The summed E-state index contributed by atoms with van der Waals surface area (Å²) in [6, 6.07) is 11.0. The number of fused-ring (bicyclic) bond motifs is 1. The van der Waals surface area contributed by atoms with E-state index in [2.05, 4.69) is 0 Å². The first-order valence-corrected chi connectivity index (χ1v) is 6.06. The van der Waals surface area contributed by atoms with Crippen LogP contribution in [0.5, 0.6) is 11.5 Å². The minimum atomic E-state index is -0.652. The number of halogens is 1. The van der Waals surface area contributed by atoms with Gasteiger partial charge in [-0.3, -0.25) is 0 Å². The number of para-hydroxylation sites is 1. The standard InChI is InChI=1S/C15H13FO3/c16-10-5-9(6-11(17)7-10)15-8-13(18)12-3-1-2-4-14(12)19-15/h1-7,13,15,17-18H,8H2. The Labute approximate surface area is 109 Å². The van der Waals surface area contributed by atoms with Crippen LogP contribution in [0.25, 0.3) is 0 Å². The molecule has 3 rings (SSSR count). The number of benzene rings is 2. The molecule has 2 aromatic rings. The summed E-state index contributed by atoms with van der Waals surface area (Å²) in [5.74, 6) is -0.0751. The lowest BCUT2D eigenvalue weighted by atomic mass is 9.95. The zero-order chi connectivity index (χ0) is 13.4. The largest absolute Gasteiger partial charge is 0.508 e. The molecule has 2 aromatic carbocycles. The minimum Gasteiger partial charge on any atom is -0.508 e. The molecule has 98 valence electrons. The Hall–Kier alpha value is -2.07. The number of aliphatic hydroxyl groups is 1. The quantitative estimate of drug-likeness (QED) is 0.828. The van der Waals surface area contributed by atoms with Crippen molar-refractivity contribution in [3.05, 3.63) is 59.4 Å². The van der Waals surface area contributed by atoms with Crippen molar-refractivity contribution in [2.24, 2.45) is 0 Å². The van der Waals surface area contributed by atoms with Crippen molar-refractivity contribution in [1.82, 2.24) is 0 Å². The fourth-order valence-corrected chi connectivity index (χ4v) is 2.38. The molecule has 0 bridgehead atoms. The van der Waals surface area contributed by atoms with Gasteiger partial charge in [-0.15, -0.1) is 0 Å². The molecule has 1 aliphatic heterocycles. The second-order valence-electron chi connectivity index (χ2n) is 4.64. The molecule has 0 aromatic heterocycles. The Morgan fingerprint density at radius 1 is 1.16 bits per heavy atom. The molecule has 2 N–H and O–H groups in total. The van der Waals surface area contributed by atoms with Gasteiger partial charge in [0.2, 0.25) is 0 Å². The number of aliphatic hydroxyl groups excluding tert-OH is 1. The molecule has 19 heavy (non-hydrogen) atoms. The first kappa shape index (κ1) is 12.0. The van der Waals surface area contributed by atoms with Gasteiger partial charge >= 0.3 is 0 Å². The molecule has 0 saturated carbocycles. The van der Waals surface area contributed by atoms with Crippen LogP contribution in [0.15, 0.2) is 42.5 Å². The molecule has 0 radical (unpaired) electrons. The van der Waals surface area contributed by atoms with Crippen molar-refractivity contribution >= 4 is 0 Å². The number of aromatic hydroxyl groups is 1. The van der Waals surface area contributed by atoms with E-state index in [1.165, 1.54) is 12.1 Å². The van der Waals surface area contributed by atoms with Crippen molar-refractivity contribution in [3.8, 4) is 11.5 Å². The Bertz CT molecular complexity index is 592. The zero-order valence-corrected chi connectivity index (χ0v) is 10.1. The Morgan fingerprint density at radius 2 is 1.95 bits per heavy atom. The minimum absolute atomic E-state index is 0.146. The Balaban J connectivity index is 1.96. The highest BCUT2D eigenvalue weighted by Gasteiger charge is 2.28. The SMILES string of the molecule is Oc1cc(F)cc(C2CC(O)c3ccccc3O2)c1. The predicted octanol–water partition coefficient (Wildman–Crippen LogP) is 3.09. The number of ether oxygens (including phenoxy) is 1. The van der Waals surface area contributed by atoms with Crippen LogP contribution in [0.3, 0.4) is 0 Å². The van der Waals surface area contributed by atoms with Gasteiger partial charge in [-0.2, -0.15) is 0 Å².